The van der Waals surface area contributed by atoms with Crippen LogP contribution in [0.5, 0.6) is 5.75 Å². The lowest BCUT2D eigenvalue weighted by molar-refractivity contribution is -0.136. The van der Waals surface area contributed by atoms with E-state index in [9.17, 15) is 14.4 Å². The maximum Gasteiger partial charge on any atom is 0.247 e. The lowest BCUT2D eigenvalue weighted by Crippen LogP contribution is -2.50. The Bertz CT molecular complexity index is 980. The van der Waals surface area contributed by atoms with Crippen LogP contribution in [0.2, 0.25) is 0 Å². The van der Waals surface area contributed by atoms with Gasteiger partial charge in [-0.2, -0.15) is 0 Å². The Balaban J connectivity index is 1.41. The van der Waals surface area contributed by atoms with Gasteiger partial charge in [0.2, 0.25) is 17.7 Å². The van der Waals surface area contributed by atoms with Crippen molar-refractivity contribution in [1.29, 1.82) is 0 Å². The number of nitrogens with one attached hydrogen (secondary N) is 2. The molecule has 8 heteroatoms. The van der Waals surface area contributed by atoms with Gasteiger partial charge in [0.15, 0.2) is 5.25 Å². The van der Waals surface area contributed by atoms with E-state index in [1.165, 1.54) is 11.8 Å². The fourth-order valence-electron chi connectivity index (χ4n) is 3.72. The van der Waals surface area contributed by atoms with E-state index in [0.29, 0.717) is 30.9 Å². The molecule has 2 atom stereocenters. The molecule has 156 valence electrons. The molecule has 1 fully saturated rings. The second-order valence-electron chi connectivity index (χ2n) is 7.33. The summed E-state index contributed by atoms with van der Waals surface area (Å²) in [5.74, 6) is -0.351. The second kappa shape index (κ2) is 8.79. The summed E-state index contributed by atoms with van der Waals surface area (Å²) in [6.07, 6.45) is 1.42. The van der Waals surface area contributed by atoms with E-state index in [1.54, 1.807) is 24.1 Å². The topological polar surface area (TPSA) is 87.7 Å². The molecule has 2 aromatic carbocycles. The lowest BCUT2D eigenvalue weighted by Gasteiger charge is -2.35. The number of rotatable bonds is 4. The Morgan fingerprint density at radius 1 is 1.20 bits per heavy atom. The Morgan fingerprint density at radius 2 is 2.03 bits per heavy atom. The zero-order valence-electron chi connectivity index (χ0n) is 16.6. The molecule has 3 amide bonds. The first-order valence-electron chi connectivity index (χ1n) is 9.85. The Labute approximate surface area is 179 Å². The van der Waals surface area contributed by atoms with Crippen LogP contribution in [0.15, 0.2) is 53.4 Å². The highest BCUT2D eigenvalue weighted by molar-refractivity contribution is 8.01. The van der Waals surface area contributed by atoms with Gasteiger partial charge in [-0.3, -0.25) is 14.4 Å². The summed E-state index contributed by atoms with van der Waals surface area (Å²) in [6, 6.07) is 14.6. The quantitative estimate of drug-likeness (QED) is 0.736. The van der Waals surface area contributed by atoms with E-state index >= 15 is 0 Å². The average molecular weight is 426 g/mol. The number of ether oxygens (including phenoxy) is 1. The zero-order valence-corrected chi connectivity index (χ0v) is 17.4. The number of benzene rings is 2. The Morgan fingerprint density at radius 3 is 2.87 bits per heavy atom. The molecule has 2 heterocycles. The number of thioether (sulfide) groups is 1. The van der Waals surface area contributed by atoms with Crippen molar-refractivity contribution < 1.29 is 19.1 Å². The second-order valence-corrected chi connectivity index (χ2v) is 8.47. The molecule has 7 nitrogen and oxygen atoms in total. The number of fused-ring (bicyclic) bond motifs is 1. The molecule has 0 radical (unpaired) electrons. The van der Waals surface area contributed by atoms with Crippen molar-refractivity contribution in [1.82, 2.24) is 4.90 Å². The van der Waals surface area contributed by atoms with E-state index in [1.807, 2.05) is 36.4 Å². The van der Waals surface area contributed by atoms with Gasteiger partial charge >= 0.3 is 0 Å². The maximum atomic E-state index is 13.1. The fraction of sp³-hybridized carbons (Fsp3) is 0.318. The monoisotopic (exact) mass is 425 g/mol. The number of anilines is 2. The molecule has 2 N–H and O–H groups in total. The molecule has 2 aromatic rings. The summed E-state index contributed by atoms with van der Waals surface area (Å²) in [6.45, 7) is 0.856. The number of carbonyl (C=O) groups is 3. The molecule has 4 rings (SSSR count). The SMILES string of the molecule is COc1cccc(NC(=O)[C@@H]2CCCN(C(=O)[C@H]3Sc4ccccc4NC3=O)C2)c1. The van der Waals surface area contributed by atoms with Crippen molar-refractivity contribution in [2.24, 2.45) is 5.92 Å². The third-order valence-electron chi connectivity index (χ3n) is 5.29. The van der Waals surface area contributed by atoms with E-state index in [2.05, 4.69) is 10.6 Å². The van der Waals surface area contributed by atoms with Crippen molar-refractivity contribution in [2.75, 3.05) is 30.8 Å². The Hall–Kier alpha value is -3.00. The van der Waals surface area contributed by atoms with Crippen LogP contribution in [0.4, 0.5) is 11.4 Å². The number of para-hydroxylation sites is 1. The summed E-state index contributed by atoms with van der Waals surface area (Å²) in [7, 11) is 1.57. The molecule has 0 aliphatic carbocycles. The first kappa shape index (κ1) is 20.3. The number of likely N-dealkylation sites (tertiary alicyclic amines) is 1. The summed E-state index contributed by atoms with van der Waals surface area (Å²) in [5, 5.41) is 4.88. The third kappa shape index (κ3) is 4.28. The molecular formula is C22H23N3O4S. The van der Waals surface area contributed by atoms with Crippen molar-refractivity contribution in [3.63, 3.8) is 0 Å². The van der Waals surface area contributed by atoms with Crippen LogP contribution in [0, 0.1) is 5.92 Å². The number of hydrogen-bond donors (Lipinski definition) is 2. The van der Waals surface area contributed by atoms with E-state index in [4.69, 9.17) is 4.74 Å². The van der Waals surface area contributed by atoms with Crippen LogP contribution in [-0.2, 0) is 14.4 Å². The standard InChI is InChI=1S/C22H23N3O4S/c1-29-16-8-4-7-15(12-16)23-20(26)14-6-5-11-25(13-14)22(28)19-21(27)24-17-9-2-3-10-18(17)30-19/h2-4,7-10,12,14,19H,5-6,11,13H2,1H3,(H,23,26)(H,24,27)/t14-,19+/m1/s1. The molecule has 2 aliphatic rings. The molecule has 0 bridgehead atoms. The minimum atomic E-state index is -0.833. The van der Waals surface area contributed by atoms with Crippen LogP contribution in [0.1, 0.15) is 12.8 Å². The minimum Gasteiger partial charge on any atom is -0.497 e. The van der Waals surface area contributed by atoms with Gasteiger partial charge in [-0.1, -0.05) is 18.2 Å². The number of carbonyl (C=O) groups excluding carboxylic acids is 3. The summed E-state index contributed by atoms with van der Waals surface area (Å²) >= 11 is 1.27. The van der Waals surface area contributed by atoms with Crippen LogP contribution >= 0.6 is 11.8 Å². The molecule has 0 unspecified atom stereocenters. The summed E-state index contributed by atoms with van der Waals surface area (Å²) < 4.78 is 5.19. The van der Waals surface area contributed by atoms with Crippen molar-refractivity contribution in [2.45, 2.75) is 23.0 Å². The number of nitrogens with zero attached hydrogens (tertiary/aromatic N) is 1. The fourth-order valence-corrected chi connectivity index (χ4v) is 4.79. The van der Waals surface area contributed by atoms with E-state index in [0.717, 1.165) is 17.0 Å². The van der Waals surface area contributed by atoms with E-state index < -0.39 is 5.25 Å². The van der Waals surface area contributed by atoms with Crippen molar-refractivity contribution >= 4 is 40.9 Å². The van der Waals surface area contributed by atoms with Crippen molar-refractivity contribution in [3.8, 4) is 5.75 Å². The highest BCUT2D eigenvalue weighted by Crippen LogP contribution is 2.36. The maximum absolute atomic E-state index is 13.1. The predicted molar refractivity (Wildman–Crippen MR) is 116 cm³/mol. The molecule has 30 heavy (non-hydrogen) atoms. The number of amides is 3. The van der Waals surface area contributed by atoms with Gasteiger partial charge in [0.1, 0.15) is 5.75 Å². The van der Waals surface area contributed by atoms with Crippen LogP contribution < -0.4 is 15.4 Å². The number of piperidine rings is 1. The van der Waals surface area contributed by atoms with Gasteiger partial charge in [0, 0.05) is 29.7 Å². The highest BCUT2D eigenvalue weighted by Gasteiger charge is 2.38. The number of methoxy groups -OCH3 is 1. The van der Waals surface area contributed by atoms with Crippen molar-refractivity contribution in [3.05, 3.63) is 48.5 Å². The molecule has 1 saturated heterocycles. The normalized spacial score (nSPS) is 20.7. The summed E-state index contributed by atoms with van der Waals surface area (Å²) in [5.41, 5.74) is 1.38. The van der Waals surface area contributed by atoms with Gasteiger partial charge in [-0.05, 0) is 37.1 Å². The van der Waals surface area contributed by atoms with Gasteiger partial charge in [0.25, 0.3) is 0 Å². The lowest BCUT2D eigenvalue weighted by atomic mass is 9.96. The average Bonchev–Trinajstić information content (AvgIpc) is 2.78. The first-order chi connectivity index (χ1) is 14.5. The summed E-state index contributed by atoms with van der Waals surface area (Å²) in [4.78, 5) is 40.9. The van der Waals surface area contributed by atoms with Gasteiger partial charge in [0.05, 0.1) is 18.7 Å². The van der Waals surface area contributed by atoms with E-state index in [-0.39, 0.29) is 23.6 Å². The van der Waals surface area contributed by atoms with Gasteiger partial charge in [-0.25, -0.2) is 0 Å². The number of hydrogen-bond acceptors (Lipinski definition) is 5. The minimum absolute atomic E-state index is 0.133. The third-order valence-corrected chi connectivity index (χ3v) is 6.55. The molecule has 2 aliphatic heterocycles. The van der Waals surface area contributed by atoms with Crippen LogP contribution in [0.3, 0.4) is 0 Å². The highest BCUT2D eigenvalue weighted by atomic mass is 32.2. The Kier molecular flexibility index (Phi) is 5.94. The largest absolute Gasteiger partial charge is 0.497 e. The van der Waals surface area contributed by atoms with Crippen LogP contribution in [0.25, 0.3) is 0 Å². The van der Waals surface area contributed by atoms with Crippen LogP contribution in [-0.4, -0.2) is 48.1 Å². The molecule has 0 spiro atoms. The zero-order chi connectivity index (χ0) is 21.1. The first-order valence-corrected chi connectivity index (χ1v) is 10.7. The smallest absolute Gasteiger partial charge is 0.247 e. The van der Waals surface area contributed by atoms with Gasteiger partial charge < -0.3 is 20.3 Å². The molecular weight excluding hydrogens is 402 g/mol. The van der Waals surface area contributed by atoms with Gasteiger partial charge in [-0.15, -0.1) is 11.8 Å². The molecule has 0 aromatic heterocycles. The predicted octanol–water partition coefficient (Wildman–Crippen LogP) is 2.99. The molecule has 0 saturated carbocycles.